The van der Waals surface area contributed by atoms with Crippen molar-refractivity contribution in [2.75, 3.05) is 11.4 Å². The van der Waals surface area contributed by atoms with Gasteiger partial charge in [0.1, 0.15) is 5.15 Å². The molecule has 7 heteroatoms. The number of hydrogen-bond acceptors (Lipinski definition) is 4. The van der Waals surface area contributed by atoms with Crippen LogP contribution in [0.25, 0.3) is 11.3 Å². The first-order valence-corrected chi connectivity index (χ1v) is 8.85. The Morgan fingerprint density at radius 2 is 1.96 bits per heavy atom. The highest BCUT2D eigenvalue weighted by Crippen LogP contribution is 2.24. The minimum Gasteiger partial charge on any atom is -0.295 e. The summed E-state index contributed by atoms with van der Waals surface area (Å²) in [5.41, 5.74) is 3.06. The van der Waals surface area contributed by atoms with Gasteiger partial charge in [0.15, 0.2) is 5.82 Å². The molecule has 1 saturated heterocycles. The molecule has 0 unspecified atom stereocenters. The van der Waals surface area contributed by atoms with E-state index in [2.05, 4.69) is 20.2 Å². The first-order valence-electron chi connectivity index (χ1n) is 8.48. The summed E-state index contributed by atoms with van der Waals surface area (Å²) in [6, 6.07) is 9.44. The van der Waals surface area contributed by atoms with Crippen LogP contribution in [-0.2, 0) is 4.79 Å². The fourth-order valence-electron chi connectivity index (χ4n) is 2.63. The summed E-state index contributed by atoms with van der Waals surface area (Å²) in [6.45, 7) is 2.74. The number of halogens is 1. The van der Waals surface area contributed by atoms with Gasteiger partial charge in [-0.25, -0.2) is 4.98 Å². The molecule has 1 amide bonds. The van der Waals surface area contributed by atoms with E-state index in [1.54, 1.807) is 29.6 Å². The Kier molecular flexibility index (Phi) is 5.96. The van der Waals surface area contributed by atoms with Crippen molar-refractivity contribution >= 4 is 23.3 Å². The zero-order chi connectivity index (χ0) is 18.4. The lowest BCUT2D eigenvalue weighted by Crippen LogP contribution is -2.35. The standard InChI is InChI=1S/C13H14N4O.C6H6ClN/c18-13-3-1-2-8-17(13)12-9-11(15-16-12)10-4-6-14-7-5-10;1-5-2-3-6(7)8-4-5/h4-7,9H,1-3,8H2,(H,15,16);2-4H,1H3. The fraction of sp³-hybridized carbons (Fsp3) is 0.263. The third-order valence-electron chi connectivity index (χ3n) is 4.03. The molecule has 0 bridgehead atoms. The lowest BCUT2D eigenvalue weighted by atomic mass is 10.1. The molecule has 1 aliphatic heterocycles. The first kappa shape index (κ1) is 18.1. The normalized spacial score (nSPS) is 13.9. The number of piperidine rings is 1. The van der Waals surface area contributed by atoms with Gasteiger partial charge in [-0.1, -0.05) is 17.7 Å². The second-order valence-electron chi connectivity index (χ2n) is 6.04. The van der Waals surface area contributed by atoms with Crippen LogP contribution in [0.15, 0.2) is 48.9 Å². The van der Waals surface area contributed by atoms with Gasteiger partial charge in [0.05, 0.1) is 5.69 Å². The van der Waals surface area contributed by atoms with Gasteiger partial charge >= 0.3 is 0 Å². The molecule has 26 heavy (non-hydrogen) atoms. The van der Waals surface area contributed by atoms with Crippen molar-refractivity contribution in [2.24, 2.45) is 0 Å². The quantitative estimate of drug-likeness (QED) is 0.692. The average molecular weight is 370 g/mol. The third-order valence-corrected chi connectivity index (χ3v) is 4.25. The first-order chi connectivity index (χ1) is 12.6. The highest BCUT2D eigenvalue weighted by molar-refractivity contribution is 6.29. The molecule has 0 atom stereocenters. The number of rotatable bonds is 2. The Morgan fingerprint density at radius 1 is 1.15 bits per heavy atom. The van der Waals surface area contributed by atoms with Crippen LogP contribution in [-0.4, -0.2) is 32.6 Å². The van der Waals surface area contributed by atoms with E-state index in [0.717, 1.165) is 36.2 Å². The highest BCUT2D eigenvalue weighted by atomic mass is 35.5. The number of carbonyl (C=O) groups excluding carboxylic acids is 1. The second-order valence-corrected chi connectivity index (χ2v) is 6.42. The summed E-state index contributed by atoms with van der Waals surface area (Å²) >= 11 is 5.50. The molecule has 4 rings (SSSR count). The van der Waals surface area contributed by atoms with Gasteiger partial charge in [-0.3, -0.25) is 19.8 Å². The lowest BCUT2D eigenvalue weighted by molar-refractivity contribution is -0.119. The molecule has 0 spiro atoms. The number of aromatic nitrogens is 4. The molecule has 3 aromatic rings. The van der Waals surface area contributed by atoms with Gasteiger partial charge in [-0.2, -0.15) is 5.10 Å². The Morgan fingerprint density at radius 3 is 2.62 bits per heavy atom. The molecule has 134 valence electrons. The van der Waals surface area contributed by atoms with Crippen molar-refractivity contribution in [3.8, 4) is 11.3 Å². The maximum absolute atomic E-state index is 11.8. The number of pyridine rings is 2. The average Bonchev–Trinajstić information content (AvgIpc) is 3.16. The van der Waals surface area contributed by atoms with Crippen molar-refractivity contribution < 1.29 is 4.79 Å². The van der Waals surface area contributed by atoms with E-state index in [4.69, 9.17) is 11.6 Å². The zero-order valence-corrected chi connectivity index (χ0v) is 15.3. The molecule has 1 aliphatic rings. The number of amides is 1. The van der Waals surface area contributed by atoms with E-state index in [9.17, 15) is 4.79 Å². The highest BCUT2D eigenvalue weighted by Gasteiger charge is 2.21. The molecule has 0 radical (unpaired) electrons. The Balaban J connectivity index is 0.000000206. The monoisotopic (exact) mass is 369 g/mol. The predicted molar refractivity (Wildman–Crippen MR) is 102 cm³/mol. The van der Waals surface area contributed by atoms with E-state index in [1.165, 1.54) is 0 Å². The summed E-state index contributed by atoms with van der Waals surface area (Å²) in [5.74, 6) is 0.876. The summed E-state index contributed by atoms with van der Waals surface area (Å²) in [7, 11) is 0. The third kappa shape index (κ3) is 4.67. The molecule has 6 nitrogen and oxygen atoms in total. The van der Waals surface area contributed by atoms with Gasteiger partial charge in [-0.15, -0.1) is 0 Å². The van der Waals surface area contributed by atoms with Gasteiger partial charge in [-0.05, 0) is 43.5 Å². The van der Waals surface area contributed by atoms with Crippen molar-refractivity contribution in [3.05, 3.63) is 59.6 Å². The van der Waals surface area contributed by atoms with E-state index >= 15 is 0 Å². The lowest BCUT2D eigenvalue weighted by Gasteiger charge is -2.24. The molecule has 0 aromatic carbocycles. The van der Waals surface area contributed by atoms with Crippen LogP contribution in [0, 0.1) is 6.92 Å². The number of aromatic amines is 1. The minimum absolute atomic E-state index is 0.161. The van der Waals surface area contributed by atoms with E-state index in [0.29, 0.717) is 17.4 Å². The molecule has 0 saturated carbocycles. The van der Waals surface area contributed by atoms with Gasteiger partial charge < -0.3 is 0 Å². The smallest absolute Gasteiger partial charge is 0.228 e. The van der Waals surface area contributed by atoms with E-state index in [-0.39, 0.29) is 5.91 Å². The number of H-pyrrole nitrogens is 1. The Labute approximate surface area is 157 Å². The molecule has 1 fully saturated rings. The molecular formula is C19H20ClN5O. The Hall–Kier alpha value is -2.73. The predicted octanol–water partition coefficient (Wildman–Crippen LogP) is 4.03. The molecular weight excluding hydrogens is 350 g/mol. The van der Waals surface area contributed by atoms with Gasteiger partial charge in [0, 0.05) is 43.2 Å². The summed E-state index contributed by atoms with van der Waals surface area (Å²) in [4.78, 5) is 21.4. The van der Waals surface area contributed by atoms with Crippen LogP contribution in [0.4, 0.5) is 5.82 Å². The summed E-state index contributed by atoms with van der Waals surface area (Å²) < 4.78 is 0. The summed E-state index contributed by atoms with van der Waals surface area (Å²) in [5, 5.41) is 7.75. The minimum atomic E-state index is 0.161. The van der Waals surface area contributed by atoms with Crippen LogP contribution >= 0.6 is 11.6 Å². The molecule has 0 aliphatic carbocycles. The molecule has 1 N–H and O–H groups in total. The van der Waals surface area contributed by atoms with E-state index < -0.39 is 0 Å². The summed E-state index contributed by atoms with van der Waals surface area (Å²) in [6.07, 6.45) is 7.86. The van der Waals surface area contributed by atoms with Crippen molar-refractivity contribution in [3.63, 3.8) is 0 Å². The maximum Gasteiger partial charge on any atom is 0.228 e. The fourth-order valence-corrected chi connectivity index (χ4v) is 2.74. The van der Waals surface area contributed by atoms with Crippen LogP contribution < -0.4 is 4.90 Å². The maximum atomic E-state index is 11.8. The van der Waals surface area contributed by atoms with E-state index in [1.807, 2.05) is 31.2 Å². The topological polar surface area (TPSA) is 74.8 Å². The SMILES string of the molecule is Cc1ccc(Cl)nc1.O=C1CCCCN1c1cc(-c2ccncc2)[nH]n1. The van der Waals surface area contributed by atoms with Gasteiger partial charge in [0.25, 0.3) is 0 Å². The number of nitrogens with zero attached hydrogens (tertiary/aromatic N) is 4. The number of carbonyl (C=O) groups is 1. The van der Waals surface area contributed by atoms with Crippen molar-refractivity contribution in [2.45, 2.75) is 26.2 Å². The van der Waals surface area contributed by atoms with Crippen molar-refractivity contribution in [1.29, 1.82) is 0 Å². The van der Waals surface area contributed by atoms with Crippen LogP contribution in [0.1, 0.15) is 24.8 Å². The number of anilines is 1. The van der Waals surface area contributed by atoms with Crippen LogP contribution in [0.2, 0.25) is 5.15 Å². The van der Waals surface area contributed by atoms with Crippen molar-refractivity contribution in [1.82, 2.24) is 20.2 Å². The van der Waals surface area contributed by atoms with Crippen LogP contribution in [0.3, 0.4) is 0 Å². The van der Waals surface area contributed by atoms with Crippen LogP contribution in [0.5, 0.6) is 0 Å². The largest absolute Gasteiger partial charge is 0.295 e. The molecule has 4 heterocycles. The Bertz CT molecular complexity index is 827. The molecule has 3 aromatic heterocycles. The zero-order valence-electron chi connectivity index (χ0n) is 14.5. The number of aryl methyl sites for hydroxylation is 1. The van der Waals surface area contributed by atoms with Gasteiger partial charge in [0.2, 0.25) is 5.91 Å². The second kappa shape index (κ2) is 8.58. The number of hydrogen-bond donors (Lipinski definition) is 1. The number of nitrogens with one attached hydrogen (secondary N) is 1.